The maximum atomic E-state index is 10.2. The molecule has 2 aromatic heterocycles. The molecule has 0 bridgehead atoms. The molecule has 9 aromatic rings. The summed E-state index contributed by atoms with van der Waals surface area (Å²) in [6.45, 7) is 7.59. The lowest BCUT2D eigenvalue weighted by Gasteiger charge is -2.16. The summed E-state index contributed by atoms with van der Waals surface area (Å²) in [5, 5.41) is 24.1. The van der Waals surface area contributed by atoms with E-state index in [2.05, 4.69) is 92.8 Å². The Labute approximate surface area is 288 Å². The van der Waals surface area contributed by atoms with Crippen molar-refractivity contribution in [3.63, 3.8) is 0 Å². The molecule has 0 saturated heterocycles. The van der Waals surface area contributed by atoms with Crippen LogP contribution in [0.15, 0.2) is 152 Å². The standard InChI is InChI=1S/C45H25N5/c1-48-34-18-20-45-40(26-34)38-13-4-7-16-43(38)50(45)41-14-5-2-11-36(41)33-22-30(28-47)21-32(24-33)31-9-8-10-35(25-31)49-42-15-6-3-12-37(42)39-23-29(27-46)17-19-44(39)49/h2-26H. The number of hydrogen-bond acceptors (Lipinski definition) is 2. The smallest absolute Gasteiger partial charge is 0.188 e. The molecule has 0 saturated carbocycles. The minimum Gasteiger partial charge on any atom is -0.309 e. The number of nitrogens with zero attached hydrogens (tertiary/aromatic N) is 5. The van der Waals surface area contributed by atoms with E-state index in [0.717, 1.165) is 77.2 Å². The Bertz CT molecular complexity index is 2970. The van der Waals surface area contributed by atoms with Crippen LogP contribution in [0.4, 0.5) is 5.69 Å². The van der Waals surface area contributed by atoms with Crippen LogP contribution in [0.1, 0.15) is 11.1 Å². The van der Waals surface area contributed by atoms with Crippen LogP contribution in [0.3, 0.4) is 0 Å². The molecule has 0 aliphatic carbocycles. The average Bonchev–Trinajstić information content (AvgIpc) is 3.69. The molecular formula is C45H25N5. The number of benzene rings is 7. The summed E-state index contributed by atoms with van der Waals surface area (Å²) >= 11 is 0. The van der Waals surface area contributed by atoms with Gasteiger partial charge in [0.2, 0.25) is 0 Å². The van der Waals surface area contributed by atoms with Crippen molar-refractivity contribution in [2.24, 2.45) is 0 Å². The Balaban J connectivity index is 1.23. The monoisotopic (exact) mass is 635 g/mol. The third-order valence-electron chi connectivity index (χ3n) is 9.54. The summed E-state index contributed by atoms with van der Waals surface area (Å²) in [5.41, 5.74) is 11.8. The number of aromatic nitrogens is 2. The van der Waals surface area contributed by atoms with Gasteiger partial charge in [-0.1, -0.05) is 72.8 Å². The molecule has 7 aromatic carbocycles. The second-order valence-corrected chi connectivity index (χ2v) is 12.3. The number of fused-ring (bicyclic) bond motifs is 6. The molecule has 50 heavy (non-hydrogen) atoms. The minimum atomic E-state index is 0.572. The van der Waals surface area contributed by atoms with Crippen molar-refractivity contribution in [1.29, 1.82) is 10.5 Å². The van der Waals surface area contributed by atoms with E-state index in [1.165, 1.54) is 0 Å². The molecule has 0 spiro atoms. The summed E-state index contributed by atoms with van der Waals surface area (Å²) in [5.74, 6) is 0. The number of rotatable bonds is 4. The van der Waals surface area contributed by atoms with Crippen LogP contribution in [0.2, 0.25) is 0 Å². The molecule has 0 N–H and O–H groups in total. The molecule has 0 radical (unpaired) electrons. The van der Waals surface area contributed by atoms with E-state index in [4.69, 9.17) is 6.57 Å². The molecule has 0 atom stereocenters. The van der Waals surface area contributed by atoms with Gasteiger partial charge in [0, 0.05) is 27.4 Å². The van der Waals surface area contributed by atoms with Gasteiger partial charge < -0.3 is 9.13 Å². The van der Waals surface area contributed by atoms with Crippen LogP contribution in [-0.4, -0.2) is 9.13 Å². The van der Waals surface area contributed by atoms with Crippen molar-refractivity contribution < 1.29 is 0 Å². The molecule has 0 unspecified atom stereocenters. The van der Waals surface area contributed by atoms with Crippen molar-refractivity contribution >= 4 is 49.3 Å². The topological polar surface area (TPSA) is 61.8 Å². The van der Waals surface area contributed by atoms with Crippen molar-refractivity contribution in [1.82, 2.24) is 9.13 Å². The Morgan fingerprint density at radius 3 is 1.88 bits per heavy atom. The maximum Gasteiger partial charge on any atom is 0.188 e. The fourth-order valence-corrected chi connectivity index (χ4v) is 7.36. The van der Waals surface area contributed by atoms with E-state index in [0.29, 0.717) is 16.8 Å². The summed E-state index contributed by atoms with van der Waals surface area (Å²) in [4.78, 5) is 3.69. The zero-order valence-corrected chi connectivity index (χ0v) is 26.7. The van der Waals surface area contributed by atoms with Crippen LogP contribution in [0.25, 0.3) is 82.1 Å². The van der Waals surface area contributed by atoms with Gasteiger partial charge in [-0.3, -0.25) is 0 Å². The lowest BCUT2D eigenvalue weighted by Crippen LogP contribution is -1.98. The Morgan fingerprint density at radius 1 is 0.460 bits per heavy atom. The molecule has 0 fully saturated rings. The van der Waals surface area contributed by atoms with Gasteiger partial charge in [0.25, 0.3) is 0 Å². The van der Waals surface area contributed by atoms with Crippen molar-refractivity contribution in [3.8, 4) is 45.8 Å². The van der Waals surface area contributed by atoms with Crippen LogP contribution < -0.4 is 0 Å². The van der Waals surface area contributed by atoms with E-state index in [9.17, 15) is 10.5 Å². The quantitative estimate of drug-likeness (QED) is 0.181. The van der Waals surface area contributed by atoms with Crippen LogP contribution in [-0.2, 0) is 0 Å². The third kappa shape index (κ3) is 4.45. The SMILES string of the molecule is [C-]#[N+]c1ccc2c(c1)c1ccccc1n2-c1ccccc1-c1cc(C#N)cc(-c2cccc(-n3c4ccccc4c4cc(C#N)ccc43)c2)c1. The Kier molecular flexibility index (Phi) is 6.56. The Morgan fingerprint density at radius 2 is 1.10 bits per heavy atom. The highest BCUT2D eigenvalue weighted by Gasteiger charge is 2.18. The number of para-hydroxylation sites is 3. The lowest BCUT2D eigenvalue weighted by molar-refractivity contribution is 1.18. The first-order chi connectivity index (χ1) is 24.6. The molecule has 2 heterocycles. The summed E-state index contributed by atoms with van der Waals surface area (Å²) in [7, 11) is 0. The molecule has 9 rings (SSSR count). The minimum absolute atomic E-state index is 0.572. The fraction of sp³-hybridized carbons (Fsp3) is 0. The van der Waals surface area contributed by atoms with Crippen LogP contribution >= 0.6 is 0 Å². The van der Waals surface area contributed by atoms with Crippen molar-refractivity contribution in [2.45, 2.75) is 0 Å². The van der Waals surface area contributed by atoms with Crippen molar-refractivity contribution in [3.05, 3.63) is 174 Å². The number of nitriles is 2. The Hall–Kier alpha value is -7.39. The average molecular weight is 636 g/mol. The molecule has 5 nitrogen and oxygen atoms in total. The van der Waals surface area contributed by atoms with Gasteiger partial charge in [0.15, 0.2) is 5.69 Å². The summed E-state index contributed by atoms with van der Waals surface area (Å²) in [6, 6.07) is 55.7. The van der Waals surface area contributed by atoms with Gasteiger partial charge >= 0.3 is 0 Å². The predicted octanol–water partition coefficient (Wildman–Crippen LogP) is 11.5. The van der Waals surface area contributed by atoms with Gasteiger partial charge in [-0.05, 0) is 101 Å². The maximum absolute atomic E-state index is 10.2. The predicted molar refractivity (Wildman–Crippen MR) is 202 cm³/mol. The van der Waals surface area contributed by atoms with Crippen LogP contribution in [0, 0.1) is 29.2 Å². The van der Waals surface area contributed by atoms with Crippen LogP contribution in [0.5, 0.6) is 0 Å². The molecule has 0 aliphatic heterocycles. The second kappa shape index (κ2) is 11.4. The zero-order chi connectivity index (χ0) is 33.8. The normalized spacial score (nSPS) is 11.1. The molecular weight excluding hydrogens is 611 g/mol. The third-order valence-corrected chi connectivity index (χ3v) is 9.54. The van der Waals surface area contributed by atoms with Crippen molar-refractivity contribution in [2.75, 3.05) is 0 Å². The highest BCUT2D eigenvalue weighted by molar-refractivity contribution is 6.11. The first kappa shape index (κ1) is 28.8. The molecule has 5 heteroatoms. The number of hydrogen-bond donors (Lipinski definition) is 0. The van der Waals surface area contributed by atoms with Gasteiger partial charge in [-0.15, -0.1) is 0 Å². The van der Waals surface area contributed by atoms with E-state index in [-0.39, 0.29) is 0 Å². The van der Waals surface area contributed by atoms with Gasteiger partial charge in [-0.2, -0.15) is 10.5 Å². The first-order valence-corrected chi connectivity index (χ1v) is 16.2. The van der Waals surface area contributed by atoms with E-state index in [1.54, 1.807) is 0 Å². The summed E-state index contributed by atoms with van der Waals surface area (Å²) < 4.78 is 4.49. The first-order valence-electron chi connectivity index (χ1n) is 16.2. The van der Waals surface area contributed by atoms with E-state index in [1.807, 2.05) is 84.9 Å². The summed E-state index contributed by atoms with van der Waals surface area (Å²) in [6.07, 6.45) is 0. The fourth-order valence-electron chi connectivity index (χ4n) is 7.36. The zero-order valence-electron chi connectivity index (χ0n) is 26.7. The lowest BCUT2D eigenvalue weighted by atomic mass is 9.95. The highest BCUT2D eigenvalue weighted by Crippen LogP contribution is 2.39. The van der Waals surface area contributed by atoms with Gasteiger partial charge in [0.1, 0.15) is 0 Å². The van der Waals surface area contributed by atoms with Gasteiger partial charge in [0.05, 0.1) is 57.6 Å². The largest absolute Gasteiger partial charge is 0.309 e. The van der Waals surface area contributed by atoms with E-state index < -0.39 is 0 Å². The van der Waals surface area contributed by atoms with Gasteiger partial charge in [-0.25, -0.2) is 4.85 Å². The van der Waals surface area contributed by atoms with E-state index >= 15 is 0 Å². The molecule has 0 amide bonds. The highest BCUT2D eigenvalue weighted by atomic mass is 15.0. The molecule has 0 aliphatic rings. The second-order valence-electron chi connectivity index (χ2n) is 12.3. The molecule has 230 valence electrons.